The van der Waals surface area contributed by atoms with Gasteiger partial charge in [0.15, 0.2) is 11.6 Å². The highest BCUT2D eigenvalue weighted by Crippen LogP contribution is 2.25. The topological polar surface area (TPSA) is 105 Å². The molecule has 0 saturated carbocycles. The molecule has 0 bridgehead atoms. The molecule has 1 saturated heterocycles. The van der Waals surface area contributed by atoms with Crippen LogP contribution in [-0.4, -0.2) is 52.3 Å². The van der Waals surface area contributed by atoms with Crippen LogP contribution >= 0.6 is 0 Å². The van der Waals surface area contributed by atoms with Crippen LogP contribution in [0.15, 0.2) is 17.1 Å². The average Bonchev–Trinajstić information content (AvgIpc) is 3.04. The lowest BCUT2D eigenvalue weighted by atomic mass is 10.2. The largest absolute Gasteiger partial charge is 0.477 e. The fraction of sp³-hybridized carbons (Fsp3) is 0.412. The van der Waals surface area contributed by atoms with Crippen molar-refractivity contribution < 1.29 is 23.5 Å². The van der Waals surface area contributed by atoms with Gasteiger partial charge in [0.1, 0.15) is 17.9 Å². The number of halogens is 2. The molecule has 1 unspecified atom stereocenters. The van der Waals surface area contributed by atoms with Gasteiger partial charge in [-0.1, -0.05) is 0 Å². The molecule has 1 amide bonds. The van der Waals surface area contributed by atoms with Crippen molar-refractivity contribution in [3.63, 3.8) is 0 Å². The fourth-order valence-electron chi connectivity index (χ4n) is 3.27. The SMILES string of the molecule is CC(=O)NC1CCN(c2nc3c(cc2F)c(=O)c(C(=O)O)cn3CCF)C1. The van der Waals surface area contributed by atoms with E-state index in [1.54, 1.807) is 4.90 Å². The molecular weight excluding hydrogens is 362 g/mol. The lowest BCUT2D eigenvalue weighted by Gasteiger charge is -2.20. The highest BCUT2D eigenvalue weighted by molar-refractivity contribution is 5.92. The zero-order valence-corrected chi connectivity index (χ0v) is 14.5. The number of aromatic carboxylic acids is 1. The maximum Gasteiger partial charge on any atom is 0.341 e. The van der Waals surface area contributed by atoms with Gasteiger partial charge in [0, 0.05) is 32.3 Å². The van der Waals surface area contributed by atoms with E-state index in [-0.39, 0.29) is 35.3 Å². The van der Waals surface area contributed by atoms with Crippen LogP contribution in [0.1, 0.15) is 23.7 Å². The Labute approximate surface area is 152 Å². The molecule has 3 heterocycles. The molecule has 1 fully saturated rings. The number of anilines is 1. The van der Waals surface area contributed by atoms with Gasteiger partial charge in [-0.2, -0.15) is 0 Å². The highest BCUT2D eigenvalue weighted by atomic mass is 19.1. The van der Waals surface area contributed by atoms with Crippen LogP contribution < -0.4 is 15.6 Å². The molecule has 144 valence electrons. The van der Waals surface area contributed by atoms with Gasteiger partial charge in [-0.05, 0) is 12.5 Å². The van der Waals surface area contributed by atoms with E-state index in [4.69, 9.17) is 5.11 Å². The first-order valence-electron chi connectivity index (χ1n) is 8.36. The number of carbonyl (C=O) groups is 2. The number of carboxylic acids is 1. The second-order valence-corrected chi connectivity index (χ2v) is 6.36. The molecule has 1 aliphatic rings. The van der Waals surface area contributed by atoms with Gasteiger partial charge in [-0.3, -0.25) is 9.59 Å². The smallest absolute Gasteiger partial charge is 0.341 e. The van der Waals surface area contributed by atoms with Crippen molar-refractivity contribution in [3.8, 4) is 0 Å². The first-order chi connectivity index (χ1) is 12.8. The number of aryl methyl sites for hydroxylation is 1. The van der Waals surface area contributed by atoms with E-state index in [1.165, 1.54) is 11.5 Å². The summed E-state index contributed by atoms with van der Waals surface area (Å²) in [6, 6.07) is 0.786. The number of hydrogen-bond acceptors (Lipinski definition) is 5. The standard InChI is InChI=1S/C17H18F2N4O4/c1-9(24)20-10-2-4-22(7-10)16-13(19)6-11-14(25)12(17(26)27)8-23(5-3-18)15(11)21-16/h6,8,10H,2-5,7H2,1H3,(H,20,24)(H,26,27). The predicted octanol–water partition coefficient (Wildman–Crippen LogP) is 0.918. The minimum Gasteiger partial charge on any atom is -0.477 e. The van der Waals surface area contributed by atoms with Gasteiger partial charge in [-0.15, -0.1) is 0 Å². The molecule has 2 aromatic rings. The molecule has 0 spiro atoms. The van der Waals surface area contributed by atoms with Crippen molar-refractivity contribution in [2.45, 2.75) is 25.9 Å². The Balaban J connectivity index is 2.09. The van der Waals surface area contributed by atoms with E-state index in [9.17, 15) is 23.2 Å². The number of rotatable bonds is 5. The first-order valence-corrected chi connectivity index (χ1v) is 8.36. The summed E-state index contributed by atoms with van der Waals surface area (Å²) in [5.74, 6) is -2.47. The van der Waals surface area contributed by atoms with E-state index in [0.29, 0.717) is 19.5 Å². The molecule has 3 rings (SSSR count). The van der Waals surface area contributed by atoms with Crippen molar-refractivity contribution in [2.75, 3.05) is 24.7 Å². The molecule has 1 atom stereocenters. The van der Waals surface area contributed by atoms with Crippen LogP contribution in [0.3, 0.4) is 0 Å². The summed E-state index contributed by atoms with van der Waals surface area (Å²) in [6.07, 6.45) is 1.62. The summed E-state index contributed by atoms with van der Waals surface area (Å²) >= 11 is 0. The number of carboxylic acid groups (broad SMARTS) is 1. The lowest BCUT2D eigenvalue weighted by molar-refractivity contribution is -0.119. The highest BCUT2D eigenvalue weighted by Gasteiger charge is 2.27. The van der Waals surface area contributed by atoms with Crippen molar-refractivity contribution in [2.24, 2.45) is 0 Å². The quantitative estimate of drug-likeness (QED) is 0.799. The second kappa shape index (κ2) is 7.29. The Kier molecular flexibility index (Phi) is 5.06. The number of nitrogens with zero attached hydrogens (tertiary/aromatic N) is 3. The van der Waals surface area contributed by atoms with Gasteiger partial charge in [-0.25, -0.2) is 18.6 Å². The third kappa shape index (κ3) is 3.60. The molecule has 8 nitrogen and oxygen atoms in total. The Morgan fingerprint density at radius 2 is 2.19 bits per heavy atom. The molecule has 0 radical (unpaired) electrons. The van der Waals surface area contributed by atoms with Crippen LogP contribution in [0.25, 0.3) is 11.0 Å². The van der Waals surface area contributed by atoms with Crippen LogP contribution in [0.2, 0.25) is 0 Å². The molecule has 27 heavy (non-hydrogen) atoms. The summed E-state index contributed by atoms with van der Waals surface area (Å²) in [7, 11) is 0. The van der Waals surface area contributed by atoms with Crippen LogP contribution in [0.5, 0.6) is 0 Å². The van der Waals surface area contributed by atoms with E-state index < -0.39 is 29.5 Å². The number of carbonyl (C=O) groups excluding carboxylic acids is 1. The van der Waals surface area contributed by atoms with Gasteiger partial charge < -0.3 is 19.9 Å². The summed E-state index contributed by atoms with van der Waals surface area (Å²) in [5.41, 5.74) is -1.43. The van der Waals surface area contributed by atoms with E-state index >= 15 is 0 Å². The number of hydrogen-bond donors (Lipinski definition) is 2. The third-order valence-corrected chi connectivity index (χ3v) is 4.43. The molecule has 10 heteroatoms. The second-order valence-electron chi connectivity index (χ2n) is 6.36. The monoisotopic (exact) mass is 380 g/mol. The van der Waals surface area contributed by atoms with Gasteiger partial charge >= 0.3 is 5.97 Å². The number of aromatic nitrogens is 2. The molecule has 1 aliphatic heterocycles. The Morgan fingerprint density at radius 3 is 2.81 bits per heavy atom. The number of alkyl halides is 1. The minimum absolute atomic E-state index is 0.0158. The lowest BCUT2D eigenvalue weighted by Crippen LogP contribution is -2.36. The Morgan fingerprint density at radius 1 is 1.44 bits per heavy atom. The first kappa shape index (κ1) is 18.7. The van der Waals surface area contributed by atoms with Crippen molar-refractivity contribution >= 4 is 28.7 Å². The van der Waals surface area contributed by atoms with Crippen LogP contribution in [-0.2, 0) is 11.3 Å². The van der Waals surface area contributed by atoms with E-state index in [2.05, 4.69) is 10.3 Å². The Hall–Kier alpha value is -3.04. The normalized spacial score (nSPS) is 16.7. The molecule has 2 N–H and O–H groups in total. The van der Waals surface area contributed by atoms with Crippen LogP contribution in [0.4, 0.5) is 14.6 Å². The zero-order chi connectivity index (χ0) is 19.7. The summed E-state index contributed by atoms with van der Waals surface area (Å²) in [6.45, 7) is 1.16. The number of pyridine rings is 2. The van der Waals surface area contributed by atoms with Crippen LogP contribution in [0, 0.1) is 5.82 Å². The third-order valence-electron chi connectivity index (χ3n) is 4.43. The predicted molar refractivity (Wildman–Crippen MR) is 93.3 cm³/mol. The summed E-state index contributed by atoms with van der Waals surface area (Å²) in [4.78, 5) is 40.6. The van der Waals surface area contributed by atoms with E-state index in [0.717, 1.165) is 12.3 Å². The Bertz CT molecular complexity index is 976. The van der Waals surface area contributed by atoms with Gasteiger partial charge in [0.2, 0.25) is 11.3 Å². The fourth-order valence-corrected chi connectivity index (χ4v) is 3.27. The van der Waals surface area contributed by atoms with Gasteiger partial charge in [0.25, 0.3) is 0 Å². The molecule has 0 aromatic carbocycles. The zero-order valence-electron chi connectivity index (χ0n) is 14.5. The molecular formula is C17H18F2N4O4. The number of nitrogens with one attached hydrogen (secondary N) is 1. The van der Waals surface area contributed by atoms with Crippen molar-refractivity contribution in [3.05, 3.63) is 33.9 Å². The summed E-state index contributed by atoms with van der Waals surface area (Å²) < 4.78 is 28.7. The molecule has 2 aromatic heterocycles. The molecule has 0 aliphatic carbocycles. The maximum atomic E-state index is 14.6. The summed E-state index contributed by atoms with van der Waals surface area (Å²) in [5, 5.41) is 11.7. The minimum atomic E-state index is -1.48. The van der Waals surface area contributed by atoms with E-state index in [1.807, 2.05) is 0 Å². The van der Waals surface area contributed by atoms with Gasteiger partial charge in [0.05, 0.1) is 11.9 Å². The number of fused-ring (bicyclic) bond motifs is 1. The average molecular weight is 380 g/mol. The number of amides is 1. The maximum absolute atomic E-state index is 14.6. The van der Waals surface area contributed by atoms with Crippen molar-refractivity contribution in [1.29, 1.82) is 0 Å². The van der Waals surface area contributed by atoms with Crippen molar-refractivity contribution in [1.82, 2.24) is 14.9 Å².